The minimum atomic E-state index is 1.03. The van der Waals surface area contributed by atoms with Crippen molar-refractivity contribution in [3.63, 3.8) is 0 Å². The van der Waals surface area contributed by atoms with Gasteiger partial charge in [0.2, 0.25) is 0 Å². The van der Waals surface area contributed by atoms with Gasteiger partial charge in [-0.1, -0.05) is 116 Å². The van der Waals surface area contributed by atoms with Crippen molar-refractivity contribution in [2.24, 2.45) is 0 Å². The molecule has 0 bridgehead atoms. The molecule has 1 N–H and O–H groups in total. The first-order valence-electron chi connectivity index (χ1n) is 15.0. The van der Waals surface area contributed by atoms with Gasteiger partial charge in [-0.05, 0) is 87.6 Å². The van der Waals surface area contributed by atoms with Crippen molar-refractivity contribution in [2.75, 3.05) is 5.32 Å². The molecular formula is C42H30N2. The van der Waals surface area contributed by atoms with Crippen LogP contribution in [-0.4, -0.2) is 4.57 Å². The highest BCUT2D eigenvalue weighted by molar-refractivity contribution is 6.15. The molecule has 0 atom stereocenters. The molecule has 0 unspecified atom stereocenters. The Kier molecular flexibility index (Phi) is 6.31. The second-order valence-electron chi connectivity index (χ2n) is 11.2. The number of benzene rings is 7. The van der Waals surface area contributed by atoms with Gasteiger partial charge in [-0.3, -0.25) is 0 Å². The largest absolute Gasteiger partial charge is 0.355 e. The first-order chi connectivity index (χ1) is 21.8. The molecule has 0 spiro atoms. The van der Waals surface area contributed by atoms with E-state index in [-0.39, 0.29) is 0 Å². The lowest BCUT2D eigenvalue weighted by molar-refractivity contribution is 1.18. The SMILES string of the molecule is C=Cc1c(Nc2cc(-c3ccccc3)cc(-c3ccccc3)c2)ccc2cc3c4ccccc4n(-c4ccccc4)c3cc12. The van der Waals surface area contributed by atoms with Gasteiger partial charge in [-0.15, -0.1) is 0 Å². The van der Waals surface area contributed by atoms with Crippen molar-refractivity contribution in [1.82, 2.24) is 4.57 Å². The number of hydrogen-bond donors (Lipinski definition) is 1. The quantitative estimate of drug-likeness (QED) is 0.213. The number of aromatic nitrogens is 1. The zero-order valence-electron chi connectivity index (χ0n) is 24.2. The second-order valence-corrected chi connectivity index (χ2v) is 11.2. The van der Waals surface area contributed by atoms with Gasteiger partial charge in [0.1, 0.15) is 0 Å². The number of fused-ring (bicyclic) bond motifs is 4. The second kappa shape index (κ2) is 10.8. The Morgan fingerprint density at radius 3 is 1.75 bits per heavy atom. The summed E-state index contributed by atoms with van der Waals surface area (Å²) < 4.78 is 2.37. The molecule has 2 heteroatoms. The van der Waals surface area contributed by atoms with E-state index in [4.69, 9.17) is 0 Å². The molecule has 208 valence electrons. The van der Waals surface area contributed by atoms with E-state index in [1.807, 2.05) is 6.08 Å². The highest BCUT2D eigenvalue weighted by Crippen LogP contribution is 2.39. The van der Waals surface area contributed by atoms with Crippen LogP contribution in [0.15, 0.2) is 164 Å². The minimum absolute atomic E-state index is 1.03. The summed E-state index contributed by atoms with van der Waals surface area (Å²) in [6.07, 6.45) is 1.98. The Hall–Kier alpha value is -5.86. The topological polar surface area (TPSA) is 17.0 Å². The first kappa shape index (κ1) is 25.8. The Labute approximate surface area is 257 Å². The maximum atomic E-state index is 4.27. The van der Waals surface area contributed by atoms with Crippen LogP contribution in [0.5, 0.6) is 0 Å². The Balaban J connectivity index is 1.31. The van der Waals surface area contributed by atoms with E-state index in [0.29, 0.717) is 0 Å². The third-order valence-corrected chi connectivity index (χ3v) is 8.50. The third-order valence-electron chi connectivity index (χ3n) is 8.50. The van der Waals surface area contributed by atoms with Crippen LogP contribution in [0.2, 0.25) is 0 Å². The Morgan fingerprint density at radius 1 is 0.477 bits per heavy atom. The van der Waals surface area contributed by atoms with Crippen LogP contribution in [0.3, 0.4) is 0 Å². The smallest absolute Gasteiger partial charge is 0.0547 e. The average molecular weight is 563 g/mol. The van der Waals surface area contributed by atoms with Crippen molar-refractivity contribution in [3.05, 3.63) is 170 Å². The molecule has 0 fully saturated rings. The normalized spacial score (nSPS) is 11.3. The van der Waals surface area contributed by atoms with E-state index in [0.717, 1.165) is 22.6 Å². The first-order valence-corrected chi connectivity index (χ1v) is 15.0. The summed E-state index contributed by atoms with van der Waals surface area (Å²) in [6.45, 7) is 4.27. The van der Waals surface area contributed by atoms with E-state index in [9.17, 15) is 0 Å². The van der Waals surface area contributed by atoms with E-state index in [1.165, 1.54) is 54.8 Å². The molecule has 0 radical (unpaired) electrons. The van der Waals surface area contributed by atoms with Crippen LogP contribution < -0.4 is 5.32 Å². The number of para-hydroxylation sites is 2. The summed E-state index contributed by atoms with van der Waals surface area (Å²) in [5, 5.41) is 8.63. The van der Waals surface area contributed by atoms with Gasteiger partial charge in [-0.25, -0.2) is 0 Å². The molecule has 0 aliphatic carbocycles. The van der Waals surface area contributed by atoms with Gasteiger partial charge >= 0.3 is 0 Å². The molecule has 0 aliphatic heterocycles. The van der Waals surface area contributed by atoms with Gasteiger partial charge in [0.05, 0.1) is 11.0 Å². The third kappa shape index (κ3) is 4.45. The lowest BCUT2D eigenvalue weighted by atomic mass is 9.97. The summed E-state index contributed by atoms with van der Waals surface area (Å²) in [7, 11) is 0. The number of anilines is 2. The molecule has 1 heterocycles. The molecule has 7 aromatic carbocycles. The average Bonchev–Trinajstić information content (AvgIpc) is 3.41. The van der Waals surface area contributed by atoms with Crippen LogP contribution >= 0.6 is 0 Å². The molecule has 8 rings (SSSR count). The van der Waals surface area contributed by atoms with Gasteiger partial charge in [0.15, 0.2) is 0 Å². The van der Waals surface area contributed by atoms with Gasteiger partial charge < -0.3 is 9.88 Å². The van der Waals surface area contributed by atoms with E-state index < -0.39 is 0 Å². The zero-order valence-corrected chi connectivity index (χ0v) is 24.2. The van der Waals surface area contributed by atoms with Crippen LogP contribution in [0.4, 0.5) is 11.4 Å². The number of nitrogens with one attached hydrogen (secondary N) is 1. The van der Waals surface area contributed by atoms with Gasteiger partial charge in [0, 0.05) is 33.4 Å². The molecule has 0 saturated carbocycles. The fourth-order valence-corrected chi connectivity index (χ4v) is 6.44. The van der Waals surface area contributed by atoms with Crippen LogP contribution in [0, 0.1) is 0 Å². The Bertz CT molecular complexity index is 2240. The molecule has 2 nitrogen and oxygen atoms in total. The fourth-order valence-electron chi connectivity index (χ4n) is 6.44. The van der Waals surface area contributed by atoms with Crippen molar-refractivity contribution in [3.8, 4) is 27.9 Å². The van der Waals surface area contributed by atoms with Crippen LogP contribution in [0.25, 0.3) is 66.6 Å². The van der Waals surface area contributed by atoms with Crippen LogP contribution in [-0.2, 0) is 0 Å². The summed E-state index contributed by atoms with van der Waals surface area (Å²) in [6, 6.07) is 56.2. The van der Waals surface area contributed by atoms with E-state index >= 15 is 0 Å². The molecular weight excluding hydrogens is 532 g/mol. The molecule has 0 aliphatic rings. The van der Waals surface area contributed by atoms with Crippen molar-refractivity contribution in [1.29, 1.82) is 0 Å². The predicted octanol–water partition coefficient (Wildman–Crippen LogP) is 11.7. The lowest BCUT2D eigenvalue weighted by Gasteiger charge is -2.16. The van der Waals surface area contributed by atoms with Crippen LogP contribution in [0.1, 0.15) is 5.56 Å². The highest BCUT2D eigenvalue weighted by atomic mass is 15.0. The standard InChI is InChI=1S/C42H30N2/c1-2-36-38-28-42-39(37-20-12-13-21-41(37)44(42)35-18-10-5-11-19-35)27-31(38)22-23-40(36)43-34-25-32(29-14-6-3-7-15-29)24-33(26-34)30-16-8-4-9-17-30/h2-28,43H,1H2. The summed E-state index contributed by atoms with van der Waals surface area (Å²) >= 11 is 0. The molecule has 8 aromatic rings. The molecule has 44 heavy (non-hydrogen) atoms. The summed E-state index contributed by atoms with van der Waals surface area (Å²) in [5.41, 5.74) is 11.4. The maximum Gasteiger partial charge on any atom is 0.0547 e. The van der Waals surface area contributed by atoms with Crippen molar-refractivity contribution in [2.45, 2.75) is 0 Å². The van der Waals surface area contributed by atoms with Crippen molar-refractivity contribution >= 4 is 50.0 Å². The monoisotopic (exact) mass is 562 g/mol. The summed E-state index contributed by atoms with van der Waals surface area (Å²) in [4.78, 5) is 0. The van der Waals surface area contributed by atoms with Gasteiger partial charge in [-0.2, -0.15) is 0 Å². The van der Waals surface area contributed by atoms with E-state index in [2.05, 4.69) is 174 Å². The molecule has 0 amide bonds. The minimum Gasteiger partial charge on any atom is -0.355 e. The number of nitrogens with zero attached hydrogens (tertiary/aromatic N) is 1. The Morgan fingerprint density at radius 2 is 1.09 bits per heavy atom. The fraction of sp³-hybridized carbons (Fsp3) is 0. The summed E-state index contributed by atoms with van der Waals surface area (Å²) in [5.74, 6) is 0. The molecule has 1 aromatic heterocycles. The lowest BCUT2D eigenvalue weighted by Crippen LogP contribution is -1.96. The van der Waals surface area contributed by atoms with Crippen molar-refractivity contribution < 1.29 is 0 Å². The van der Waals surface area contributed by atoms with Gasteiger partial charge in [0.25, 0.3) is 0 Å². The maximum absolute atomic E-state index is 4.27. The van der Waals surface area contributed by atoms with E-state index in [1.54, 1.807) is 0 Å². The number of hydrogen-bond acceptors (Lipinski definition) is 1. The zero-order chi connectivity index (χ0) is 29.5. The predicted molar refractivity (Wildman–Crippen MR) is 189 cm³/mol. The number of rotatable bonds is 6. The highest BCUT2D eigenvalue weighted by Gasteiger charge is 2.15. The molecule has 0 saturated heterocycles.